The minimum atomic E-state index is -0.877. The molecule has 82 valence electrons. The van der Waals surface area contributed by atoms with Crippen molar-refractivity contribution in [2.24, 2.45) is 0 Å². The molecular weight excluding hydrogens is 236 g/mol. The van der Waals surface area contributed by atoms with Crippen LogP contribution in [-0.2, 0) is 4.74 Å². The summed E-state index contributed by atoms with van der Waals surface area (Å²) in [6, 6.07) is 3.67. The first-order chi connectivity index (χ1) is 7.51. The lowest BCUT2D eigenvalue weighted by Crippen LogP contribution is -2.06. The molecule has 0 aromatic heterocycles. The Balaban J connectivity index is 3.49. The molecular formula is C9H5ClN2O4. The van der Waals surface area contributed by atoms with E-state index in [2.05, 4.69) is 4.74 Å². The highest BCUT2D eigenvalue weighted by atomic mass is 35.5. The van der Waals surface area contributed by atoms with E-state index in [9.17, 15) is 14.9 Å². The number of hydrogen-bond donors (Lipinski definition) is 0. The van der Waals surface area contributed by atoms with Gasteiger partial charge < -0.3 is 4.74 Å². The second-order valence-corrected chi connectivity index (χ2v) is 3.12. The molecule has 0 bridgehead atoms. The zero-order valence-corrected chi connectivity index (χ0v) is 8.82. The summed E-state index contributed by atoms with van der Waals surface area (Å²) in [4.78, 5) is 21.1. The van der Waals surface area contributed by atoms with Crippen LogP contribution in [0.3, 0.4) is 0 Å². The number of benzene rings is 1. The Bertz CT molecular complexity index is 507. The van der Waals surface area contributed by atoms with Crippen LogP contribution in [0.1, 0.15) is 15.9 Å². The lowest BCUT2D eigenvalue weighted by molar-refractivity contribution is -0.385. The third kappa shape index (κ3) is 2.10. The number of halogens is 1. The second-order valence-electron chi connectivity index (χ2n) is 2.71. The van der Waals surface area contributed by atoms with Gasteiger partial charge in [0.15, 0.2) is 0 Å². The summed E-state index contributed by atoms with van der Waals surface area (Å²) < 4.78 is 4.37. The van der Waals surface area contributed by atoms with Gasteiger partial charge in [-0.3, -0.25) is 10.1 Å². The van der Waals surface area contributed by atoms with Crippen LogP contribution in [0, 0.1) is 21.4 Å². The molecule has 0 spiro atoms. The van der Waals surface area contributed by atoms with Crippen LogP contribution in [0.4, 0.5) is 5.69 Å². The first kappa shape index (κ1) is 11.9. The highest BCUT2D eigenvalue weighted by Crippen LogP contribution is 2.27. The number of nitriles is 1. The van der Waals surface area contributed by atoms with Crippen molar-refractivity contribution in [3.63, 3.8) is 0 Å². The molecule has 0 heterocycles. The van der Waals surface area contributed by atoms with Crippen molar-refractivity contribution >= 4 is 23.3 Å². The first-order valence-electron chi connectivity index (χ1n) is 3.97. The molecule has 1 rings (SSSR count). The number of hydrogen-bond acceptors (Lipinski definition) is 5. The van der Waals surface area contributed by atoms with Crippen molar-refractivity contribution in [3.05, 3.63) is 38.4 Å². The molecule has 0 unspecified atom stereocenters. The zero-order chi connectivity index (χ0) is 12.3. The van der Waals surface area contributed by atoms with Gasteiger partial charge in [0.2, 0.25) is 0 Å². The Morgan fingerprint density at radius 2 is 2.25 bits per heavy atom. The van der Waals surface area contributed by atoms with Crippen LogP contribution in [0.25, 0.3) is 0 Å². The quantitative estimate of drug-likeness (QED) is 0.447. The van der Waals surface area contributed by atoms with E-state index >= 15 is 0 Å². The fourth-order valence-electron chi connectivity index (χ4n) is 1.07. The van der Waals surface area contributed by atoms with Crippen molar-refractivity contribution < 1.29 is 14.5 Å². The van der Waals surface area contributed by atoms with Crippen LogP contribution < -0.4 is 0 Å². The molecule has 0 radical (unpaired) electrons. The highest BCUT2D eigenvalue weighted by Gasteiger charge is 2.23. The maximum absolute atomic E-state index is 11.2. The van der Waals surface area contributed by atoms with E-state index < -0.39 is 16.6 Å². The van der Waals surface area contributed by atoms with E-state index in [1.165, 1.54) is 0 Å². The molecule has 0 fully saturated rings. The first-order valence-corrected chi connectivity index (χ1v) is 4.35. The largest absolute Gasteiger partial charge is 0.465 e. The smallest absolute Gasteiger partial charge is 0.344 e. The average molecular weight is 241 g/mol. The molecule has 0 saturated carbocycles. The summed E-state index contributed by atoms with van der Waals surface area (Å²) >= 11 is 5.65. The minimum Gasteiger partial charge on any atom is -0.465 e. The Morgan fingerprint density at radius 1 is 1.62 bits per heavy atom. The number of carbonyl (C=O) groups excluding carboxylic acids is 1. The SMILES string of the molecule is COC(=O)c1cc(Cl)c(C#N)cc1[N+](=O)[O-]. The maximum atomic E-state index is 11.2. The Hall–Kier alpha value is -2.13. The summed E-state index contributed by atoms with van der Waals surface area (Å²) in [6.07, 6.45) is 0. The van der Waals surface area contributed by atoms with Gasteiger partial charge in [0.05, 0.1) is 22.6 Å². The number of nitrogens with zero attached hydrogens (tertiary/aromatic N) is 2. The molecule has 0 atom stereocenters. The summed E-state index contributed by atoms with van der Waals surface area (Å²) in [5, 5.41) is 19.3. The Kier molecular flexibility index (Phi) is 3.43. The number of ether oxygens (including phenoxy) is 1. The molecule has 16 heavy (non-hydrogen) atoms. The molecule has 1 aromatic carbocycles. The van der Waals surface area contributed by atoms with Crippen LogP contribution in [-0.4, -0.2) is 18.0 Å². The summed E-state index contributed by atoms with van der Waals surface area (Å²) in [7, 11) is 1.10. The standard InChI is InChI=1S/C9H5ClN2O4/c1-16-9(13)6-3-7(10)5(4-11)2-8(6)12(14)15/h2-3H,1H3. The summed E-state index contributed by atoms with van der Waals surface area (Å²) in [6.45, 7) is 0. The highest BCUT2D eigenvalue weighted by molar-refractivity contribution is 6.32. The van der Waals surface area contributed by atoms with Crippen molar-refractivity contribution in [1.82, 2.24) is 0 Å². The lowest BCUT2D eigenvalue weighted by Gasteiger charge is -2.02. The monoisotopic (exact) mass is 240 g/mol. The fraction of sp³-hybridized carbons (Fsp3) is 0.111. The predicted molar refractivity (Wildman–Crippen MR) is 54.2 cm³/mol. The van der Waals surface area contributed by atoms with Crippen LogP contribution in [0.2, 0.25) is 5.02 Å². The van der Waals surface area contributed by atoms with Gasteiger partial charge in [-0.1, -0.05) is 11.6 Å². The number of carbonyl (C=O) groups is 1. The third-order valence-corrected chi connectivity index (χ3v) is 2.12. The number of methoxy groups -OCH3 is 1. The Morgan fingerprint density at radius 3 is 2.69 bits per heavy atom. The van der Waals surface area contributed by atoms with Crippen molar-refractivity contribution in [3.8, 4) is 6.07 Å². The molecule has 0 amide bonds. The zero-order valence-electron chi connectivity index (χ0n) is 8.06. The number of nitro groups is 1. The second kappa shape index (κ2) is 4.59. The van der Waals surface area contributed by atoms with Gasteiger partial charge in [-0.05, 0) is 6.07 Å². The number of nitro benzene ring substituents is 1. The molecule has 0 aliphatic carbocycles. The normalized spacial score (nSPS) is 9.31. The molecule has 0 saturated heterocycles. The fourth-order valence-corrected chi connectivity index (χ4v) is 1.28. The van der Waals surface area contributed by atoms with Crippen LogP contribution >= 0.6 is 11.6 Å². The number of esters is 1. The van der Waals surface area contributed by atoms with Gasteiger partial charge in [-0.15, -0.1) is 0 Å². The van der Waals surface area contributed by atoms with E-state index in [1.807, 2.05) is 0 Å². The summed E-state index contributed by atoms with van der Waals surface area (Å²) in [5.74, 6) is -0.877. The van der Waals surface area contributed by atoms with Crippen molar-refractivity contribution in [1.29, 1.82) is 5.26 Å². The van der Waals surface area contributed by atoms with E-state index in [4.69, 9.17) is 16.9 Å². The molecule has 1 aromatic rings. The molecule has 0 N–H and O–H groups in total. The van der Waals surface area contributed by atoms with E-state index in [1.54, 1.807) is 6.07 Å². The average Bonchev–Trinajstić information content (AvgIpc) is 2.27. The van der Waals surface area contributed by atoms with E-state index in [0.717, 1.165) is 19.2 Å². The van der Waals surface area contributed by atoms with Gasteiger partial charge >= 0.3 is 5.97 Å². The van der Waals surface area contributed by atoms with Gasteiger partial charge in [0.25, 0.3) is 5.69 Å². The van der Waals surface area contributed by atoms with Crippen molar-refractivity contribution in [2.75, 3.05) is 7.11 Å². The Labute approximate surface area is 95.2 Å². The number of rotatable bonds is 2. The van der Waals surface area contributed by atoms with Crippen LogP contribution in [0.5, 0.6) is 0 Å². The van der Waals surface area contributed by atoms with Gasteiger partial charge in [-0.25, -0.2) is 4.79 Å². The van der Waals surface area contributed by atoms with Gasteiger partial charge in [0.1, 0.15) is 11.6 Å². The van der Waals surface area contributed by atoms with Crippen molar-refractivity contribution in [2.45, 2.75) is 0 Å². The molecule has 0 aliphatic heterocycles. The predicted octanol–water partition coefficient (Wildman–Crippen LogP) is 1.91. The van der Waals surface area contributed by atoms with E-state index in [-0.39, 0.29) is 16.1 Å². The maximum Gasteiger partial charge on any atom is 0.344 e. The minimum absolute atomic E-state index is 0.0338. The topological polar surface area (TPSA) is 93.2 Å². The molecule has 0 aliphatic rings. The van der Waals surface area contributed by atoms with Gasteiger partial charge in [0, 0.05) is 6.07 Å². The third-order valence-electron chi connectivity index (χ3n) is 1.81. The van der Waals surface area contributed by atoms with E-state index in [0.29, 0.717) is 0 Å². The molecule has 6 nitrogen and oxygen atoms in total. The lowest BCUT2D eigenvalue weighted by atomic mass is 10.1. The van der Waals surface area contributed by atoms with Gasteiger partial charge in [-0.2, -0.15) is 5.26 Å². The van der Waals surface area contributed by atoms with Crippen LogP contribution in [0.15, 0.2) is 12.1 Å². The summed E-state index contributed by atoms with van der Waals surface area (Å²) in [5.41, 5.74) is -0.856. The molecule has 7 heteroatoms.